The molecule has 26 heavy (non-hydrogen) atoms. The average molecular weight is 371 g/mol. The fourth-order valence-corrected chi connectivity index (χ4v) is 2.72. The van der Waals surface area contributed by atoms with Crippen molar-refractivity contribution in [2.24, 2.45) is 0 Å². The smallest absolute Gasteiger partial charge is 0.332 e. The first-order valence-electron chi connectivity index (χ1n) is 7.65. The maximum atomic E-state index is 13.9. The summed E-state index contributed by atoms with van der Waals surface area (Å²) in [6.07, 6.45) is -0.952. The predicted octanol–water partition coefficient (Wildman–Crippen LogP) is 3.23. The number of hydrazine groups is 1. The van der Waals surface area contributed by atoms with Crippen molar-refractivity contribution in [3.8, 4) is 0 Å². The number of hydrogen-bond acceptors (Lipinski definition) is 3. The monoisotopic (exact) mass is 371 g/mol. The number of carbonyl (C=O) groups is 1. The lowest BCUT2D eigenvalue weighted by Gasteiger charge is -2.30. The lowest BCUT2D eigenvalue weighted by Crippen LogP contribution is -2.52. The predicted molar refractivity (Wildman–Crippen MR) is 83.8 cm³/mol. The van der Waals surface area contributed by atoms with Gasteiger partial charge in [-0.25, -0.2) is 14.2 Å². The van der Waals surface area contributed by atoms with Crippen LogP contribution in [-0.2, 0) is 6.18 Å². The van der Waals surface area contributed by atoms with Crippen molar-refractivity contribution in [1.82, 2.24) is 15.8 Å². The van der Waals surface area contributed by atoms with Gasteiger partial charge in [-0.15, -0.1) is 0 Å². The SMILES string of the molecule is O=C(NC1C=CN(C2C(F)=CC=CC2F)N1)c1ccccc1C(F)(F)F. The number of nitrogens with zero attached hydrogens (tertiary/aromatic N) is 1. The van der Waals surface area contributed by atoms with Gasteiger partial charge in [0.1, 0.15) is 24.2 Å². The van der Waals surface area contributed by atoms with E-state index < -0.39 is 47.4 Å². The van der Waals surface area contributed by atoms with Crippen molar-refractivity contribution in [3.05, 3.63) is 71.7 Å². The van der Waals surface area contributed by atoms with E-state index in [1.165, 1.54) is 36.6 Å². The highest BCUT2D eigenvalue weighted by Gasteiger charge is 2.36. The van der Waals surface area contributed by atoms with E-state index in [1.54, 1.807) is 0 Å². The zero-order valence-electron chi connectivity index (χ0n) is 13.2. The molecule has 1 heterocycles. The second-order valence-electron chi connectivity index (χ2n) is 5.70. The minimum absolute atomic E-state index is 0.538. The number of carbonyl (C=O) groups excluding carboxylic acids is 1. The molecule has 0 spiro atoms. The molecule has 0 saturated heterocycles. The molecule has 0 aromatic heterocycles. The maximum absolute atomic E-state index is 13.9. The normalized spacial score (nSPS) is 25.3. The summed E-state index contributed by atoms with van der Waals surface area (Å²) in [7, 11) is 0. The third kappa shape index (κ3) is 3.62. The Morgan fingerprint density at radius 3 is 2.62 bits per heavy atom. The van der Waals surface area contributed by atoms with Crippen molar-refractivity contribution in [2.75, 3.05) is 0 Å². The molecule has 1 aliphatic carbocycles. The van der Waals surface area contributed by atoms with Gasteiger partial charge in [-0.05, 0) is 30.4 Å². The number of allylic oxidation sites excluding steroid dienone is 2. The molecule has 0 bridgehead atoms. The zero-order valence-corrected chi connectivity index (χ0v) is 13.2. The molecule has 2 aliphatic rings. The van der Waals surface area contributed by atoms with Gasteiger partial charge in [0.05, 0.1) is 11.1 Å². The Bertz CT molecular complexity index is 787. The highest BCUT2D eigenvalue weighted by Crippen LogP contribution is 2.32. The minimum Gasteiger partial charge on any atom is -0.332 e. The number of amides is 1. The van der Waals surface area contributed by atoms with Crippen LogP contribution in [0.2, 0.25) is 0 Å². The van der Waals surface area contributed by atoms with Gasteiger partial charge in [-0.1, -0.05) is 18.2 Å². The molecule has 0 radical (unpaired) electrons. The third-order valence-corrected chi connectivity index (χ3v) is 3.93. The molecule has 1 aromatic carbocycles. The molecule has 1 amide bonds. The second kappa shape index (κ2) is 6.91. The number of benzene rings is 1. The summed E-state index contributed by atoms with van der Waals surface area (Å²) in [5.41, 5.74) is 1.03. The molecule has 2 N–H and O–H groups in total. The van der Waals surface area contributed by atoms with E-state index in [9.17, 15) is 26.7 Å². The number of rotatable bonds is 3. The number of alkyl halides is 4. The van der Waals surface area contributed by atoms with Crippen LogP contribution in [-0.4, -0.2) is 29.3 Å². The Hall–Kier alpha value is -2.68. The number of nitrogens with one attached hydrogen (secondary N) is 2. The quantitative estimate of drug-likeness (QED) is 0.802. The van der Waals surface area contributed by atoms with Gasteiger partial charge < -0.3 is 10.3 Å². The molecule has 0 saturated carbocycles. The van der Waals surface area contributed by atoms with Crippen LogP contribution in [0.15, 0.2) is 60.6 Å². The first-order chi connectivity index (χ1) is 12.3. The van der Waals surface area contributed by atoms with E-state index >= 15 is 0 Å². The summed E-state index contributed by atoms with van der Waals surface area (Å²) in [5, 5.41) is 3.47. The molecule has 0 fully saturated rings. The van der Waals surface area contributed by atoms with Gasteiger partial charge in [0.15, 0.2) is 0 Å². The van der Waals surface area contributed by atoms with Crippen molar-refractivity contribution in [3.63, 3.8) is 0 Å². The first-order valence-corrected chi connectivity index (χ1v) is 7.65. The van der Waals surface area contributed by atoms with Crippen LogP contribution in [0.25, 0.3) is 0 Å². The summed E-state index contributed by atoms with van der Waals surface area (Å²) < 4.78 is 66.7. The topological polar surface area (TPSA) is 44.4 Å². The maximum Gasteiger partial charge on any atom is 0.417 e. The van der Waals surface area contributed by atoms with Crippen LogP contribution in [0.1, 0.15) is 15.9 Å². The Kier molecular flexibility index (Phi) is 4.82. The zero-order chi connectivity index (χ0) is 18.9. The number of hydrogen-bond donors (Lipinski definition) is 2. The highest BCUT2D eigenvalue weighted by molar-refractivity contribution is 5.96. The van der Waals surface area contributed by atoms with Crippen molar-refractivity contribution in [1.29, 1.82) is 0 Å². The second-order valence-corrected chi connectivity index (χ2v) is 5.70. The van der Waals surface area contributed by atoms with Crippen LogP contribution in [0.5, 0.6) is 0 Å². The van der Waals surface area contributed by atoms with Crippen LogP contribution in [0.4, 0.5) is 22.0 Å². The van der Waals surface area contributed by atoms with E-state index in [0.717, 1.165) is 23.2 Å². The largest absolute Gasteiger partial charge is 0.417 e. The van der Waals surface area contributed by atoms with Crippen LogP contribution in [0, 0.1) is 0 Å². The Labute approximate surface area is 145 Å². The third-order valence-electron chi connectivity index (χ3n) is 3.93. The summed E-state index contributed by atoms with van der Waals surface area (Å²) in [6, 6.07) is 3.11. The summed E-state index contributed by atoms with van der Waals surface area (Å²) in [6.45, 7) is 0. The molecular formula is C17H14F5N3O. The molecule has 3 rings (SSSR count). The van der Waals surface area contributed by atoms with Crippen molar-refractivity contribution >= 4 is 5.91 Å². The highest BCUT2D eigenvalue weighted by atomic mass is 19.4. The van der Waals surface area contributed by atoms with E-state index in [1.807, 2.05) is 0 Å². The molecule has 3 unspecified atom stereocenters. The van der Waals surface area contributed by atoms with Gasteiger partial charge in [0, 0.05) is 6.20 Å². The van der Waals surface area contributed by atoms with E-state index in [4.69, 9.17) is 0 Å². The molecule has 4 nitrogen and oxygen atoms in total. The van der Waals surface area contributed by atoms with Gasteiger partial charge in [-0.2, -0.15) is 13.2 Å². The molecule has 9 heteroatoms. The van der Waals surface area contributed by atoms with Crippen molar-refractivity contribution in [2.45, 2.75) is 24.6 Å². The van der Waals surface area contributed by atoms with E-state index in [0.29, 0.717) is 0 Å². The Morgan fingerprint density at radius 1 is 1.19 bits per heavy atom. The van der Waals surface area contributed by atoms with Crippen LogP contribution < -0.4 is 10.7 Å². The summed E-state index contributed by atoms with van der Waals surface area (Å²) >= 11 is 0. The standard InChI is InChI=1S/C17H14F5N3O/c18-12-6-3-7-13(19)15(12)25-9-8-14(24-25)23-16(26)10-4-1-2-5-11(10)17(20,21)22/h1-9,12,14-15,24H,(H,23,26). The van der Waals surface area contributed by atoms with Crippen molar-refractivity contribution < 1.29 is 26.7 Å². The molecule has 138 valence electrons. The molecule has 3 atom stereocenters. The van der Waals surface area contributed by atoms with Gasteiger partial charge in [0.2, 0.25) is 0 Å². The van der Waals surface area contributed by atoms with Crippen LogP contribution in [0.3, 0.4) is 0 Å². The fraction of sp³-hybridized carbons (Fsp3) is 0.235. The Morgan fingerprint density at radius 2 is 1.92 bits per heavy atom. The molecular weight excluding hydrogens is 357 g/mol. The summed E-state index contributed by atoms with van der Waals surface area (Å²) in [4.78, 5) is 12.2. The van der Waals surface area contributed by atoms with Gasteiger partial charge >= 0.3 is 6.18 Å². The minimum atomic E-state index is -4.68. The lowest BCUT2D eigenvalue weighted by molar-refractivity contribution is -0.137. The first kappa shape index (κ1) is 18.1. The lowest BCUT2D eigenvalue weighted by atomic mass is 10.1. The van der Waals surface area contributed by atoms with Gasteiger partial charge in [0.25, 0.3) is 5.91 Å². The van der Waals surface area contributed by atoms with E-state index in [-0.39, 0.29) is 0 Å². The van der Waals surface area contributed by atoms with Gasteiger partial charge in [-0.3, -0.25) is 4.79 Å². The summed E-state index contributed by atoms with van der Waals surface area (Å²) in [5.74, 6) is -1.68. The van der Waals surface area contributed by atoms with E-state index in [2.05, 4.69) is 10.7 Å². The number of halogens is 5. The molecule has 1 aromatic rings. The fourth-order valence-electron chi connectivity index (χ4n) is 2.72. The Balaban J connectivity index is 1.69. The molecule has 1 aliphatic heterocycles. The average Bonchev–Trinajstić information content (AvgIpc) is 3.02. The van der Waals surface area contributed by atoms with Crippen LogP contribution >= 0.6 is 0 Å².